The van der Waals surface area contributed by atoms with Gasteiger partial charge in [0.25, 0.3) is 0 Å². The van der Waals surface area contributed by atoms with Gasteiger partial charge >= 0.3 is 0 Å². The van der Waals surface area contributed by atoms with Crippen LogP contribution in [0.3, 0.4) is 0 Å². The minimum atomic E-state index is 0.324. The predicted octanol–water partition coefficient (Wildman–Crippen LogP) is 2.00. The molecule has 3 fully saturated rings. The molecule has 0 N–H and O–H groups in total. The number of rotatable bonds is 4. The molecular weight excluding hydrogens is 300 g/mol. The van der Waals surface area contributed by atoms with Crippen LogP contribution in [-0.4, -0.2) is 66.5 Å². The molecule has 24 heavy (non-hydrogen) atoms. The van der Waals surface area contributed by atoms with E-state index in [0.717, 1.165) is 38.5 Å². The number of pyridine rings is 1. The highest BCUT2D eigenvalue weighted by Crippen LogP contribution is 2.47. The Labute approximate surface area is 144 Å². The fourth-order valence-electron chi connectivity index (χ4n) is 4.44. The SMILES string of the molecule is O=C(CCN1CCC2(CCC2)C1)N1CCN(c2ccccn2)CC1. The van der Waals surface area contributed by atoms with Crippen LogP contribution in [-0.2, 0) is 4.79 Å². The number of carbonyl (C=O) groups excluding carboxylic acids is 1. The molecule has 3 heterocycles. The van der Waals surface area contributed by atoms with E-state index in [1.165, 1.54) is 38.8 Å². The van der Waals surface area contributed by atoms with E-state index in [0.29, 0.717) is 17.7 Å². The van der Waals surface area contributed by atoms with E-state index in [1.807, 2.05) is 29.3 Å². The van der Waals surface area contributed by atoms with E-state index in [4.69, 9.17) is 0 Å². The van der Waals surface area contributed by atoms with Crippen LogP contribution >= 0.6 is 0 Å². The minimum absolute atomic E-state index is 0.324. The van der Waals surface area contributed by atoms with Gasteiger partial charge in [0.2, 0.25) is 5.91 Å². The summed E-state index contributed by atoms with van der Waals surface area (Å²) in [5.74, 6) is 1.35. The number of anilines is 1. The molecule has 0 radical (unpaired) electrons. The first-order valence-corrected chi connectivity index (χ1v) is 9.40. The maximum Gasteiger partial charge on any atom is 0.223 e. The normalized spacial score (nSPS) is 23.5. The summed E-state index contributed by atoms with van der Waals surface area (Å²) in [6.07, 6.45) is 8.09. The Morgan fingerprint density at radius 1 is 1.08 bits per heavy atom. The third kappa shape index (κ3) is 3.27. The summed E-state index contributed by atoms with van der Waals surface area (Å²) in [6, 6.07) is 6.00. The van der Waals surface area contributed by atoms with Crippen molar-refractivity contribution in [2.75, 3.05) is 50.7 Å². The molecule has 3 aliphatic rings. The van der Waals surface area contributed by atoms with Gasteiger partial charge in [0.1, 0.15) is 5.82 Å². The first-order chi connectivity index (χ1) is 11.7. The first kappa shape index (κ1) is 15.9. The standard InChI is InChI=1S/C19H28N4O/c24-18(5-10-21-11-8-19(16-21)6-3-7-19)23-14-12-22(13-15-23)17-4-1-2-9-20-17/h1-2,4,9H,3,5-8,10-16H2. The number of likely N-dealkylation sites (tertiary alicyclic amines) is 1. The molecule has 1 amide bonds. The van der Waals surface area contributed by atoms with Crippen LogP contribution in [0.2, 0.25) is 0 Å². The van der Waals surface area contributed by atoms with E-state index >= 15 is 0 Å². The minimum Gasteiger partial charge on any atom is -0.353 e. The molecule has 0 aromatic carbocycles. The molecule has 0 bridgehead atoms. The smallest absolute Gasteiger partial charge is 0.223 e. The second kappa shape index (κ2) is 6.71. The zero-order chi connectivity index (χ0) is 16.4. The van der Waals surface area contributed by atoms with Gasteiger partial charge in [-0.05, 0) is 43.4 Å². The average Bonchev–Trinajstić information content (AvgIpc) is 3.06. The largest absolute Gasteiger partial charge is 0.353 e. The van der Waals surface area contributed by atoms with Crippen molar-refractivity contribution in [2.24, 2.45) is 5.41 Å². The van der Waals surface area contributed by atoms with Gasteiger partial charge in [-0.15, -0.1) is 0 Å². The van der Waals surface area contributed by atoms with Crippen LogP contribution in [0, 0.1) is 5.41 Å². The van der Waals surface area contributed by atoms with Gasteiger partial charge < -0.3 is 14.7 Å². The Balaban J connectivity index is 1.21. The van der Waals surface area contributed by atoms with Crippen LogP contribution in [0.25, 0.3) is 0 Å². The lowest BCUT2D eigenvalue weighted by atomic mass is 9.68. The summed E-state index contributed by atoms with van der Waals surface area (Å²) in [6.45, 7) is 6.78. The van der Waals surface area contributed by atoms with Gasteiger partial charge in [-0.1, -0.05) is 12.5 Å². The summed E-state index contributed by atoms with van der Waals surface area (Å²) in [5, 5.41) is 0. The lowest BCUT2D eigenvalue weighted by molar-refractivity contribution is -0.131. The van der Waals surface area contributed by atoms with E-state index in [-0.39, 0.29) is 0 Å². The highest BCUT2D eigenvalue weighted by atomic mass is 16.2. The molecule has 2 saturated heterocycles. The number of hydrogen-bond acceptors (Lipinski definition) is 4. The monoisotopic (exact) mass is 328 g/mol. The van der Waals surface area contributed by atoms with Gasteiger partial charge in [0.05, 0.1) is 0 Å². The van der Waals surface area contributed by atoms with Crippen molar-refractivity contribution >= 4 is 11.7 Å². The van der Waals surface area contributed by atoms with Crippen molar-refractivity contribution in [1.29, 1.82) is 0 Å². The lowest BCUT2D eigenvalue weighted by Gasteiger charge is -2.38. The third-order valence-corrected chi connectivity index (χ3v) is 6.18. The van der Waals surface area contributed by atoms with Crippen molar-refractivity contribution in [3.05, 3.63) is 24.4 Å². The van der Waals surface area contributed by atoms with Gasteiger partial charge in [-0.3, -0.25) is 4.79 Å². The number of nitrogens with zero attached hydrogens (tertiary/aromatic N) is 4. The van der Waals surface area contributed by atoms with Crippen LogP contribution in [0.1, 0.15) is 32.1 Å². The molecule has 0 unspecified atom stereocenters. The summed E-state index contributed by atoms with van der Waals surface area (Å²) in [4.78, 5) is 23.7. The Morgan fingerprint density at radius 3 is 2.54 bits per heavy atom. The zero-order valence-corrected chi connectivity index (χ0v) is 14.5. The van der Waals surface area contributed by atoms with Gasteiger partial charge in [0, 0.05) is 51.9 Å². The molecule has 1 aliphatic carbocycles. The van der Waals surface area contributed by atoms with Crippen LogP contribution < -0.4 is 4.90 Å². The second-order valence-electron chi connectivity index (χ2n) is 7.69. The third-order valence-electron chi connectivity index (χ3n) is 6.18. The average molecular weight is 328 g/mol. The molecule has 2 aliphatic heterocycles. The summed E-state index contributed by atoms with van der Waals surface area (Å²) in [7, 11) is 0. The molecule has 5 heteroatoms. The van der Waals surface area contributed by atoms with Crippen LogP contribution in [0.15, 0.2) is 24.4 Å². The Morgan fingerprint density at radius 2 is 1.92 bits per heavy atom. The molecule has 5 nitrogen and oxygen atoms in total. The molecular formula is C19H28N4O. The number of amides is 1. The fourth-order valence-corrected chi connectivity index (χ4v) is 4.44. The Kier molecular flexibility index (Phi) is 4.44. The molecule has 0 atom stereocenters. The molecule has 1 saturated carbocycles. The van der Waals surface area contributed by atoms with Gasteiger partial charge in [-0.25, -0.2) is 4.98 Å². The van der Waals surface area contributed by atoms with E-state index in [1.54, 1.807) is 0 Å². The molecule has 1 aromatic heterocycles. The maximum absolute atomic E-state index is 12.5. The molecule has 130 valence electrons. The van der Waals surface area contributed by atoms with Crippen molar-refractivity contribution < 1.29 is 4.79 Å². The second-order valence-corrected chi connectivity index (χ2v) is 7.69. The van der Waals surface area contributed by atoms with E-state index in [9.17, 15) is 4.79 Å². The highest BCUT2D eigenvalue weighted by molar-refractivity contribution is 5.76. The number of hydrogen-bond donors (Lipinski definition) is 0. The van der Waals surface area contributed by atoms with Crippen LogP contribution in [0.4, 0.5) is 5.82 Å². The molecule has 4 rings (SSSR count). The van der Waals surface area contributed by atoms with Crippen LogP contribution in [0.5, 0.6) is 0 Å². The summed E-state index contributed by atoms with van der Waals surface area (Å²) < 4.78 is 0. The number of carbonyl (C=O) groups is 1. The topological polar surface area (TPSA) is 39.7 Å². The summed E-state index contributed by atoms with van der Waals surface area (Å²) in [5.41, 5.74) is 0.636. The van der Waals surface area contributed by atoms with Crippen molar-refractivity contribution in [2.45, 2.75) is 32.1 Å². The Bertz CT molecular complexity index is 564. The van der Waals surface area contributed by atoms with E-state index in [2.05, 4.69) is 14.8 Å². The highest BCUT2D eigenvalue weighted by Gasteiger charge is 2.42. The summed E-state index contributed by atoms with van der Waals surface area (Å²) >= 11 is 0. The Hall–Kier alpha value is -1.62. The van der Waals surface area contributed by atoms with Gasteiger partial charge in [0.15, 0.2) is 0 Å². The van der Waals surface area contributed by atoms with Crippen molar-refractivity contribution in [1.82, 2.24) is 14.8 Å². The van der Waals surface area contributed by atoms with Gasteiger partial charge in [-0.2, -0.15) is 0 Å². The first-order valence-electron chi connectivity index (χ1n) is 9.40. The van der Waals surface area contributed by atoms with Crippen molar-refractivity contribution in [3.8, 4) is 0 Å². The van der Waals surface area contributed by atoms with E-state index < -0.39 is 0 Å². The fraction of sp³-hybridized carbons (Fsp3) is 0.684. The van der Waals surface area contributed by atoms with Crippen molar-refractivity contribution in [3.63, 3.8) is 0 Å². The molecule has 1 aromatic rings. The maximum atomic E-state index is 12.5. The molecule has 1 spiro atoms. The zero-order valence-electron chi connectivity index (χ0n) is 14.5. The quantitative estimate of drug-likeness (QED) is 0.847. The lowest BCUT2D eigenvalue weighted by Crippen LogP contribution is -2.49. The number of aromatic nitrogens is 1. The predicted molar refractivity (Wildman–Crippen MR) is 95.0 cm³/mol. The number of piperazine rings is 1.